The molecule has 2 N–H and O–H groups in total. The van der Waals surface area contributed by atoms with Crippen LogP contribution in [0.2, 0.25) is 5.02 Å². The van der Waals surface area contributed by atoms with Gasteiger partial charge in [0.1, 0.15) is 5.82 Å². The van der Waals surface area contributed by atoms with E-state index in [0.717, 1.165) is 19.3 Å². The monoisotopic (exact) mass is 333 g/mol. The van der Waals surface area contributed by atoms with Gasteiger partial charge in [-0.15, -0.1) is 0 Å². The van der Waals surface area contributed by atoms with E-state index in [1.54, 1.807) is 12.1 Å². The van der Waals surface area contributed by atoms with Gasteiger partial charge in [-0.1, -0.05) is 17.7 Å². The maximum atomic E-state index is 14.1. The summed E-state index contributed by atoms with van der Waals surface area (Å²) in [4.78, 5) is 0. The molecule has 0 aromatic heterocycles. The second-order valence-electron chi connectivity index (χ2n) is 5.06. The number of benzene rings is 1. The molecular weight excluding hydrogens is 321 g/mol. The van der Waals surface area contributed by atoms with Gasteiger partial charge >= 0.3 is 0 Å². The topological polar surface area (TPSA) is 35.2 Å². The maximum Gasteiger partial charge on any atom is 0.147 e. The van der Waals surface area contributed by atoms with E-state index >= 15 is 0 Å². The normalized spacial score (nSPS) is 31.9. The predicted molar refractivity (Wildman–Crippen MR) is 72.0 cm³/mol. The average Bonchev–Trinajstić information content (AvgIpc) is 2.97. The van der Waals surface area contributed by atoms with E-state index in [9.17, 15) is 4.39 Å². The van der Waals surface area contributed by atoms with Gasteiger partial charge < -0.3 is 10.5 Å². The molecule has 2 saturated heterocycles. The summed E-state index contributed by atoms with van der Waals surface area (Å²) in [5, 5.41) is 0.104. The number of fused-ring (bicyclic) bond motifs is 2. The molecule has 1 aromatic carbocycles. The first-order valence-corrected chi connectivity index (χ1v) is 7.29. The summed E-state index contributed by atoms with van der Waals surface area (Å²) in [6, 6.07) is 3.11. The van der Waals surface area contributed by atoms with Crippen LogP contribution in [0.3, 0.4) is 0 Å². The van der Waals surface area contributed by atoms with Crippen LogP contribution in [-0.4, -0.2) is 12.2 Å². The molecular formula is C13H14BrClFNO. The number of hydrogen-bond donors (Lipinski definition) is 1. The minimum Gasteiger partial charge on any atom is -0.375 e. The van der Waals surface area contributed by atoms with Crippen LogP contribution in [0.1, 0.15) is 30.9 Å². The Labute approximate surface area is 119 Å². The molecule has 2 heterocycles. The zero-order valence-electron chi connectivity index (χ0n) is 9.70. The fraction of sp³-hybridized carbons (Fsp3) is 0.538. The Morgan fingerprint density at radius 1 is 1.44 bits per heavy atom. The van der Waals surface area contributed by atoms with Crippen molar-refractivity contribution in [2.75, 3.05) is 0 Å². The van der Waals surface area contributed by atoms with Crippen molar-refractivity contribution in [2.24, 2.45) is 11.7 Å². The van der Waals surface area contributed by atoms with Crippen LogP contribution in [0.25, 0.3) is 0 Å². The minimum absolute atomic E-state index is 0.104. The van der Waals surface area contributed by atoms with Crippen LogP contribution in [0.5, 0.6) is 0 Å². The number of rotatable bonds is 2. The SMILES string of the molecule is NC(c1ccc(Br)c(Cl)c1F)C1CC2CCC1O2. The van der Waals surface area contributed by atoms with Crippen LogP contribution >= 0.6 is 27.5 Å². The van der Waals surface area contributed by atoms with Gasteiger partial charge in [0.2, 0.25) is 0 Å². The lowest BCUT2D eigenvalue weighted by Crippen LogP contribution is -2.30. The third-order valence-electron chi connectivity index (χ3n) is 4.04. The van der Waals surface area contributed by atoms with Crippen molar-refractivity contribution in [2.45, 2.75) is 37.5 Å². The third-order valence-corrected chi connectivity index (χ3v) is 5.30. The zero-order chi connectivity index (χ0) is 12.9. The molecule has 4 atom stereocenters. The summed E-state index contributed by atoms with van der Waals surface area (Å²) in [7, 11) is 0. The molecule has 5 heteroatoms. The van der Waals surface area contributed by atoms with Crippen molar-refractivity contribution in [1.29, 1.82) is 0 Å². The van der Waals surface area contributed by atoms with E-state index in [0.29, 0.717) is 16.1 Å². The molecule has 0 radical (unpaired) electrons. The van der Waals surface area contributed by atoms with Crippen LogP contribution in [0.15, 0.2) is 16.6 Å². The highest BCUT2D eigenvalue weighted by atomic mass is 79.9. The lowest BCUT2D eigenvalue weighted by atomic mass is 9.81. The van der Waals surface area contributed by atoms with Gasteiger partial charge in [-0.3, -0.25) is 0 Å². The first kappa shape index (κ1) is 12.9. The lowest BCUT2D eigenvalue weighted by molar-refractivity contribution is 0.0882. The molecule has 2 aliphatic rings. The predicted octanol–water partition coefficient (Wildman–Crippen LogP) is 3.81. The molecule has 2 nitrogen and oxygen atoms in total. The van der Waals surface area contributed by atoms with Crippen molar-refractivity contribution >= 4 is 27.5 Å². The van der Waals surface area contributed by atoms with Crippen LogP contribution in [0.4, 0.5) is 4.39 Å². The van der Waals surface area contributed by atoms with Crippen molar-refractivity contribution in [3.8, 4) is 0 Å². The first-order valence-electron chi connectivity index (χ1n) is 6.12. The molecule has 0 amide bonds. The molecule has 18 heavy (non-hydrogen) atoms. The molecule has 3 rings (SSSR count). The summed E-state index contributed by atoms with van der Waals surface area (Å²) in [5.41, 5.74) is 6.70. The number of hydrogen-bond acceptors (Lipinski definition) is 2. The Bertz CT molecular complexity index is 484. The van der Waals surface area contributed by atoms with Crippen molar-refractivity contribution in [1.82, 2.24) is 0 Å². The van der Waals surface area contributed by atoms with E-state index in [1.807, 2.05) is 0 Å². The largest absolute Gasteiger partial charge is 0.375 e. The minimum atomic E-state index is -0.415. The Balaban J connectivity index is 1.89. The standard InChI is InChI=1S/C13H14BrClFNO/c14-9-3-2-7(12(16)11(9)15)13(17)8-5-6-1-4-10(8)18-6/h2-3,6,8,10,13H,1,4-5,17H2. The number of nitrogens with two attached hydrogens (primary N) is 1. The number of halogens is 3. The first-order chi connectivity index (χ1) is 8.58. The van der Waals surface area contributed by atoms with Crippen LogP contribution in [-0.2, 0) is 4.74 Å². The Kier molecular flexibility index (Phi) is 3.39. The van der Waals surface area contributed by atoms with E-state index < -0.39 is 5.82 Å². The quantitative estimate of drug-likeness (QED) is 0.835. The molecule has 98 valence electrons. The molecule has 0 saturated carbocycles. The molecule has 0 spiro atoms. The van der Waals surface area contributed by atoms with Gasteiger partial charge in [-0.25, -0.2) is 4.39 Å². The second-order valence-corrected chi connectivity index (χ2v) is 6.30. The average molecular weight is 335 g/mol. The summed E-state index contributed by atoms with van der Waals surface area (Å²) >= 11 is 9.11. The summed E-state index contributed by atoms with van der Waals surface area (Å²) in [5.74, 6) is -0.211. The Hall–Kier alpha value is -0.160. The molecule has 1 aromatic rings. The van der Waals surface area contributed by atoms with Gasteiger partial charge in [0, 0.05) is 22.0 Å². The van der Waals surface area contributed by atoms with Gasteiger partial charge in [-0.2, -0.15) is 0 Å². The fourth-order valence-electron chi connectivity index (χ4n) is 3.08. The summed E-state index contributed by atoms with van der Waals surface area (Å²) in [6.45, 7) is 0. The van der Waals surface area contributed by atoms with Crippen molar-refractivity contribution in [3.63, 3.8) is 0 Å². The highest BCUT2D eigenvalue weighted by molar-refractivity contribution is 9.10. The van der Waals surface area contributed by atoms with E-state index in [2.05, 4.69) is 15.9 Å². The maximum absolute atomic E-state index is 14.1. The van der Waals surface area contributed by atoms with Crippen LogP contribution in [0, 0.1) is 11.7 Å². The second kappa shape index (κ2) is 4.75. The number of ether oxygens (including phenoxy) is 1. The summed E-state index contributed by atoms with van der Waals surface area (Å²) < 4.78 is 20.5. The highest BCUT2D eigenvalue weighted by Gasteiger charge is 2.44. The van der Waals surface area contributed by atoms with Crippen LogP contribution < -0.4 is 5.73 Å². The van der Waals surface area contributed by atoms with Crippen molar-refractivity contribution in [3.05, 3.63) is 33.0 Å². The third kappa shape index (κ3) is 1.99. The molecule has 0 aliphatic carbocycles. The van der Waals surface area contributed by atoms with Gasteiger partial charge in [0.15, 0.2) is 0 Å². The van der Waals surface area contributed by atoms with E-state index in [1.165, 1.54) is 0 Å². The summed E-state index contributed by atoms with van der Waals surface area (Å²) in [6.07, 6.45) is 3.58. The molecule has 4 unspecified atom stereocenters. The Morgan fingerprint density at radius 2 is 2.22 bits per heavy atom. The van der Waals surface area contributed by atoms with Gasteiger partial charge in [0.25, 0.3) is 0 Å². The zero-order valence-corrected chi connectivity index (χ0v) is 12.0. The van der Waals surface area contributed by atoms with E-state index in [4.69, 9.17) is 22.1 Å². The molecule has 2 bridgehead atoms. The highest BCUT2D eigenvalue weighted by Crippen LogP contribution is 2.45. The smallest absolute Gasteiger partial charge is 0.147 e. The van der Waals surface area contributed by atoms with Crippen molar-refractivity contribution < 1.29 is 9.13 Å². The Morgan fingerprint density at radius 3 is 2.83 bits per heavy atom. The van der Waals surface area contributed by atoms with E-state index in [-0.39, 0.29) is 23.1 Å². The molecule has 2 fully saturated rings. The van der Waals surface area contributed by atoms with Gasteiger partial charge in [0.05, 0.1) is 17.2 Å². The van der Waals surface area contributed by atoms with Gasteiger partial charge in [-0.05, 0) is 41.3 Å². The molecule has 2 aliphatic heterocycles. The fourth-order valence-corrected chi connectivity index (χ4v) is 3.56. The lowest BCUT2D eigenvalue weighted by Gasteiger charge is -2.26.